The smallest absolute Gasteiger partial charge is 0.281 e. The van der Waals surface area contributed by atoms with E-state index in [4.69, 9.17) is 4.98 Å². The second-order valence-corrected chi connectivity index (χ2v) is 9.22. The van der Waals surface area contributed by atoms with E-state index in [1.165, 1.54) is 25.7 Å². The minimum atomic E-state index is -0.269. The molecule has 3 aromatic rings. The highest BCUT2D eigenvalue weighted by atomic mass is 16.2. The first-order chi connectivity index (χ1) is 15.7. The van der Waals surface area contributed by atoms with E-state index in [0.29, 0.717) is 31.0 Å². The van der Waals surface area contributed by atoms with E-state index in [0.717, 1.165) is 37.3 Å². The van der Waals surface area contributed by atoms with Gasteiger partial charge in [0.2, 0.25) is 5.91 Å². The number of rotatable bonds is 6. The summed E-state index contributed by atoms with van der Waals surface area (Å²) in [6.07, 6.45) is 8.62. The second kappa shape index (κ2) is 9.22. The quantitative estimate of drug-likeness (QED) is 0.642. The zero-order chi connectivity index (χ0) is 21.9. The fourth-order valence-electron chi connectivity index (χ4n) is 5.15. The minimum Gasteiger partial charge on any atom is -0.342 e. The SMILES string of the molecule is O=C(CCC1CCCC1)N1CCCC(c2nc3c(nnn3Cc3ccccc3)c(=O)[nH]2)C1. The van der Waals surface area contributed by atoms with Gasteiger partial charge < -0.3 is 9.88 Å². The molecule has 0 bridgehead atoms. The highest BCUT2D eigenvalue weighted by molar-refractivity contribution is 5.76. The zero-order valence-corrected chi connectivity index (χ0v) is 18.4. The third-order valence-corrected chi connectivity index (χ3v) is 6.97. The van der Waals surface area contributed by atoms with Crippen molar-refractivity contribution >= 4 is 17.1 Å². The van der Waals surface area contributed by atoms with Gasteiger partial charge >= 0.3 is 0 Å². The molecule has 2 fully saturated rings. The topological polar surface area (TPSA) is 96.8 Å². The van der Waals surface area contributed by atoms with Crippen LogP contribution in [0.25, 0.3) is 11.2 Å². The van der Waals surface area contributed by atoms with E-state index < -0.39 is 0 Å². The summed E-state index contributed by atoms with van der Waals surface area (Å²) in [6, 6.07) is 9.93. The molecule has 1 saturated carbocycles. The highest BCUT2D eigenvalue weighted by Crippen LogP contribution is 2.30. The average molecular weight is 435 g/mol. The number of hydrogen-bond acceptors (Lipinski definition) is 5. The number of nitrogens with one attached hydrogen (secondary N) is 1. The first kappa shape index (κ1) is 20.8. The molecule has 1 aliphatic heterocycles. The molecular formula is C24H30N6O2. The lowest BCUT2D eigenvalue weighted by Crippen LogP contribution is -2.40. The Balaban J connectivity index is 1.32. The number of nitrogens with zero attached hydrogens (tertiary/aromatic N) is 5. The van der Waals surface area contributed by atoms with Gasteiger partial charge in [0, 0.05) is 25.4 Å². The Morgan fingerprint density at radius 1 is 1.09 bits per heavy atom. The van der Waals surface area contributed by atoms with Crippen LogP contribution >= 0.6 is 0 Å². The molecular weight excluding hydrogens is 404 g/mol. The van der Waals surface area contributed by atoms with Gasteiger partial charge in [0.25, 0.3) is 5.56 Å². The minimum absolute atomic E-state index is 0.0244. The lowest BCUT2D eigenvalue weighted by atomic mass is 9.96. The van der Waals surface area contributed by atoms with Crippen LogP contribution in [0.5, 0.6) is 0 Å². The number of aromatic nitrogens is 5. The van der Waals surface area contributed by atoms with E-state index in [2.05, 4.69) is 15.3 Å². The monoisotopic (exact) mass is 434 g/mol. The number of hydrogen-bond donors (Lipinski definition) is 1. The summed E-state index contributed by atoms with van der Waals surface area (Å²) >= 11 is 0. The van der Waals surface area contributed by atoms with Crippen molar-refractivity contribution in [2.45, 2.75) is 63.8 Å². The van der Waals surface area contributed by atoms with Crippen molar-refractivity contribution in [3.63, 3.8) is 0 Å². The lowest BCUT2D eigenvalue weighted by molar-refractivity contribution is -0.132. The van der Waals surface area contributed by atoms with Crippen LogP contribution < -0.4 is 5.56 Å². The maximum Gasteiger partial charge on any atom is 0.281 e. The van der Waals surface area contributed by atoms with Gasteiger partial charge in [-0.3, -0.25) is 9.59 Å². The molecule has 5 rings (SSSR count). The number of aromatic amines is 1. The molecule has 2 aliphatic rings. The van der Waals surface area contributed by atoms with E-state index >= 15 is 0 Å². The van der Waals surface area contributed by atoms with Crippen molar-refractivity contribution in [2.24, 2.45) is 5.92 Å². The molecule has 1 amide bonds. The van der Waals surface area contributed by atoms with Crippen molar-refractivity contribution in [3.05, 3.63) is 52.1 Å². The molecule has 32 heavy (non-hydrogen) atoms. The first-order valence-corrected chi connectivity index (χ1v) is 11.8. The number of carbonyl (C=O) groups excluding carboxylic acids is 1. The number of amides is 1. The number of likely N-dealkylation sites (tertiary alicyclic amines) is 1. The maximum atomic E-state index is 12.8. The Bertz CT molecular complexity index is 1130. The predicted octanol–water partition coefficient (Wildman–Crippen LogP) is 3.24. The number of benzene rings is 1. The molecule has 0 spiro atoms. The van der Waals surface area contributed by atoms with Crippen molar-refractivity contribution in [1.82, 2.24) is 29.9 Å². The van der Waals surface area contributed by atoms with Gasteiger partial charge in [-0.2, -0.15) is 0 Å². The van der Waals surface area contributed by atoms with Crippen molar-refractivity contribution in [3.8, 4) is 0 Å². The summed E-state index contributed by atoms with van der Waals surface area (Å²) < 4.78 is 1.68. The summed E-state index contributed by atoms with van der Waals surface area (Å²) in [6.45, 7) is 1.90. The molecule has 0 radical (unpaired) electrons. The first-order valence-electron chi connectivity index (χ1n) is 11.8. The molecule has 1 N–H and O–H groups in total. The van der Waals surface area contributed by atoms with Crippen LogP contribution in [0.1, 0.15) is 68.7 Å². The van der Waals surface area contributed by atoms with E-state index in [-0.39, 0.29) is 22.9 Å². The number of carbonyl (C=O) groups is 1. The van der Waals surface area contributed by atoms with Crippen LogP contribution in [-0.4, -0.2) is 48.9 Å². The van der Waals surface area contributed by atoms with Gasteiger partial charge in [-0.1, -0.05) is 61.2 Å². The summed E-state index contributed by atoms with van der Waals surface area (Å²) in [7, 11) is 0. The molecule has 8 nitrogen and oxygen atoms in total. The summed E-state index contributed by atoms with van der Waals surface area (Å²) in [5, 5.41) is 8.21. The van der Waals surface area contributed by atoms with E-state index in [1.807, 2.05) is 35.2 Å². The van der Waals surface area contributed by atoms with Gasteiger partial charge in [0.15, 0.2) is 11.2 Å². The summed E-state index contributed by atoms with van der Waals surface area (Å²) in [4.78, 5) is 35.2. The molecule has 1 unspecified atom stereocenters. The largest absolute Gasteiger partial charge is 0.342 e. The van der Waals surface area contributed by atoms with Crippen LogP contribution in [0, 0.1) is 5.92 Å². The van der Waals surface area contributed by atoms with Crippen LogP contribution in [0.3, 0.4) is 0 Å². The molecule has 1 saturated heterocycles. The molecule has 2 aromatic heterocycles. The maximum absolute atomic E-state index is 12.8. The summed E-state index contributed by atoms with van der Waals surface area (Å²) in [5.41, 5.74) is 1.55. The van der Waals surface area contributed by atoms with Gasteiger partial charge in [0.1, 0.15) is 5.82 Å². The summed E-state index contributed by atoms with van der Waals surface area (Å²) in [5.74, 6) is 1.61. The van der Waals surface area contributed by atoms with Gasteiger partial charge in [-0.15, -0.1) is 5.10 Å². The molecule has 3 heterocycles. The Morgan fingerprint density at radius 2 is 1.91 bits per heavy atom. The van der Waals surface area contributed by atoms with Crippen LogP contribution in [0.4, 0.5) is 0 Å². The zero-order valence-electron chi connectivity index (χ0n) is 18.4. The van der Waals surface area contributed by atoms with Gasteiger partial charge in [0.05, 0.1) is 6.54 Å². The van der Waals surface area contributed by atoms with Crippen LogP contribution in [-0.2, 0) is 11.3 Å². The molecule has 1 aliphatic carbocycles. The van der Waals surface area contributed by atoms with Crippen molar-refractivity contribution < 1.29 is 4.79 Å². The van der Waals surface area contributed by atoms with E-state index in [1.54, 1.807) is 4.68 Å². The molecule has 1 atom stereocenters. The van der Waals surface area contributed by atoms with Gasteiger partial charge in [-0.05, 0) is 30.7 Å². The Morgan fingerprint density at radius 3 is 2.72 bits per heavy atom. The third-order valence-electron chi connectivity index (χ3n) is 6.97. The molecule has 1 aromatic carbocycles. The number of H-pyrrole nitrogens is 1. The molecule has 168 valence electrons. The fraction of sp³-hybridized carbons (Fsp3) is 0.542. The normalized spacial score (nSPS) is 19.6. The van der Waals surface area contributed by atoms with Crippen LogP contribution in [0.15, 0.2) is 35.1 Å². The standard InChI is InChI=1S/C24H30N6O2/c31-20(13-12-17-7-4-5-8-17)29-14-6-11-19(16-29)22-25-23-21(24(32)26-22)27-28-30(23)15-18-9-2-1-3-10-18/h1-3,9-10,17,19H,4-8,11-16H2,(H,25,26,32). The Labute approximate surface area is 187 Å². The Kier molecular flexibility index (Phi) is 6.01. The number of fused-ring (bicyclic) bond motifs is 1. The lowest BCUT2D eigenvalue weighted by Gasteiger charge is -2.32. The third kappa shape index (κ3) is 4.45. The average Bonchev–Trinajstić information content (AvgIpc) is 3.49. The Hall–Kier alpha value is -3.03. The number of piperidine rings is 1. The van der Waals surface area contributed by atoms with Gasteiger partial charge in [-0.25, -0.2) is 9.67 Å². The van der Waals surface area contributed by atoms with E-state index in [9.17, 15) is 9.59 Å². The predicted molar refractivity (Wildman–Crippen MR) is 121 cm³/mol. The van der Waals surface area contributed by atoms with Crippen molar-refractivity contribution in [1.29, 1.82) is 0 Å². The van der Waals surface area contributed by atoms with Crippen molar-refractivity contribution in [2.75, 3.05) is 13.1 Å². The second-order valence-electron chi connectivity index (χ2n) is 9.22. The van der Waals surface area contributed by atoms with Crippen LogP contribution in [0.2, 0.25) is 0 Å². The highest BCUT2D eigenvalue weighted by Gasteiger charge is 2.28. The fourth-order valence-corrected chi connectivity index (χ4v) is 5.15. The molecule has 8 heteroatoms.